The van der Waals surface area contributed by atoms with Crippen molar-refractivity contribution < 1.29 is 0 Å². The van der Waals surface area contributed by atoms with Gasteiger partial charge in [-0.3, -0.25) is 0 Å². The zero-order valence-electron chi connectivity index (χ0n) is 31.0. The number of fused-ring (bicyclic) bond motifs is 9. The summed E-state index contributed by atoms with van der Waals surface area (Å²) < 4.78 is 7.33. The van der Waals surface area contributed by atoms with Gasteiger partial charge in [0.05, 0.1) is 33.1 Å². The highest BCUT2D eigenvalue weighted by Gasteiger charge is 2.19. The fourth-order valence-corrected chi connectivity index (χ4v) is 9.33. The molecule has 0 aliphatic heterocycles. The summed E-state index contributed by atoms with van der Waals surface area (Å²) in [6.07, 6.45) is 0. The molecule has 0 saturated carbocycles. The minimum absolute atomic E-state index is 1.12. The Hall–Kier alpha value is -7.62. The molecule has 12 rings (SSSR count). The zero-order chi connectivity index (χ0) is 37.5. The fourth-order valence-electron chi connectivity index (χ4n) is 9.33. The van der Waals surface area contributed by atoms with Gasteiger partial charge in [0, 0.05) is 49.4 Å². The van der Waals surface area contributed by atoms with Crippen LogP contribution in [0.1, 0.15) is 0 Å². The second-order valence-electron chi connectivity index (χ2n) is 15.0. The summed E-state index contributed by atoms with van der Waals surface area (Å²) in [6.45, 7) is 0. The zero-order valence-corrected chi connectivity index (χ0v) is 31.0. The highest BCUT2D eigenvalue weighted by atomic mass is 15.0. The topological polar surface area (TPSA) is 14.8 Å². The van der Waals surface area contributed by atoms with Crippen LogP contribution >= 0.6 is 0 Å². The Bertz CT molecular complexity index is 3230. The lowest BCUT2D eigenvalue weighted by molar-refractivity contribution is 1.13. The van der Waals surface area contributed by atoms with Gasteiger partial charge in [0.2, 0.25) is 0 Å². The molecular formula is C54H35N3. The third-order valence-electron chi connectivity index (χ3n) is 11.8. The van der Waals surface area contributed by atoms with Crippen molar-refractivity contribution in [2.45, 2.75) is 0 Å². The predicted molar refractivity (Wildman–Crippen MR) is 240 cm³/mol. The number of aromatic nitrogens is 3. The summed E-state index contributed by atoms with van der Waals surface area (Å²) in [5.74, 6) is 0. The van der Waals surface area contributed by atoms with Crippen LogP contribution in [0.4, 0.5) is 0 Å². The Kier molecular flexibility index (Phi) is 6.93. The molecule has 3 aromatic heterocycles. The Balaban J connectivity index is 1.20. The summed E-state index contributed by atoms with van der Waals surface area (Å²) >= 11 is 0. The minimum Gasteiger partial charge on any atom is -0.309 e. The third kappa shape index (κ3) is 4.86. The molecule has 0 atom stereocenters. The van der Waals surface area contributed by atoms with E-state index in [9.17, 15) is 0 Å². The second kappa shape index (κ2) is 12.5. The molecule has 266 valence electrons. The van der Waals surface area contributed by atoms with Gasteiger partial charge in [0.1, 0.15) is 0 Å². The Morgan fingerprint density at radius 1 is 0.193 bits per heavy atom. The molecule has 0 N–H and O–H groups in total. The van der Waals surface area contributed by atoms with Gasteiger partial charge in [-0.2, -0.15) is 0 Å². The molecule has 0 fully saturated rings. The molecule has 3 heteroatoms. The first-order valence-corrected chi connectivity index (χ1v) is 19.6. The molecule has 0 aliphatic rings. The van der Waals surface area contributed by atoms with Crippen LogP contribution < -0.4 is 0 Å². The lowest BCUT2D eigenvalue weighted by Gasteiger charge is -2.18. The summed E-state index contributed by atoms with van der Waals surface area (Å²) in [7, 11) is 0. The van der Waals surface area contributed by atoms with E-state index in [1.54, 1.807) is 0 Å². The average Bonchev–Trinajstić information content (AvgIpc) is 3.92. The SMILES string of the molecule is c1ccc(-c2cc(-c3cc(-n4c5ccccc5c5ccccc54)cc(-n4c5ccccc5c5ccccc54)c3)cc(-n3c4ccccc4c4ccccc43)c2)cc1. The van der Waals surface area contributed by atoms with Crippen molar-refractivity contribution in [3.05, 3.63) is 212 Å². The molecule has 0 aliphatic carbocycles. The molecule has 3 heterocycles. The normalized spacial score (nSPS) is 11.9. The van der Waals surface area contributed by atoms with Gasteiger partial charge in [0.15, 0.2) is 0 Å². The maximum absolute atomic E-state index is 2.44. The maximum atomic E-state index is 2.44. The summed E-state index contributed by atoms with van der Waals surface area (Å²) in [5.41, 5.74) is 15.2. The molecule has 0 bridgehead atoms. The van der Waals surface area contributed by atoms with Gasteiger partial charge in [-0.1, -0.05) is 140 Å². The maximum Gasteiger partial charge on any atom is 0.0541 e. The number of hydrogen-bond acceptors (Lipinski definition) is 0. The smallest absolute Gasteiger partial charge is 0.0541 e. The van der Waals surface area contributed by atoms with E-state index in [1.165, 1.54) is 76.5 Å². The molecule has 57 heavy (non-hydrogen) atoms. The highest BCUT2D eigenvalue weighted by Crippen LogP contribution is 2.40. The van der Waals surface area contributed by atoms with E-state index in [4.69, 9.17) is 0 Å². The molecule has 0 unspecified atom stereocenters. The lowest BCUT2D eigenvalue weighted by atomic mass is 9.97. The van der Waals surface area contributed by atoms with Gasteiger partial charge >= 0.3 is 0 Å². The molecule has 0 radical (unpaired) electrons. The summed E-state index contributed by atoms with van der Waals surface area (Å²) in [6, 6.07) is 77.7. The van der Waals surface area contributed by atoms with E-state index in [0.717, 1.165) is 28.2 Å². The van der Waals surface area contributed by atoms with Crippen molar-refractivity contribution in [2.75, 3.05) is 0 Å². The van der Waals surface area contributed by atoms with Gasteiger partial charge < -0.3 is 13.7 Å². The monoisotopic (exact) mass is 725 g/mol. The van der Waals surface area contributed by atoms with Crippen LogP contribution in [0.15, 0.2) is 212 Å². The van der Waals surface area contributed by atoms with Crippen LogP contribution in [0, 0.1) is 0 Å². The van der Waals surface area contributed by atoms with E-state index < -0.39 is 0 Å². The molecule has 0 spiro atoms. The highest BCUT2D eigenvalue weighted by molar-refractivity contribution is 6.11. The van der Waals surface area contributed by atoms with E-state index in [2.05, 4.69) is 226 Å². The van der Waals surface area contributed by atoms with E-state index in [-0.39, 0.29) is 0 Å². The number of nitrogens with zero attached hydrogens (tertiary/aromatic N) is 3. The molecule has 12 aromatic rings. The molecule has 3 nitrogen and oxygen atoms in total. The predicted octanol–water partition coefficient (Wildman–Crippen LogP) is 14.3. The standard InChI is InChI=1S/C54H35N3/c1-2-16-36(17-3-1)37-30-38(32-40(31-37)55-49-24-10-4-18-43(49)44-19-5-11-25-50(44)55)39-33-41(56-51-26-12-6-20-45(51)46-21-7-13-27-52(46)56)35-42(34-39)57-53-28-14-8-22-47(53)48-23-9-15-29-54(48)57/h1-35H. The number of hydrogen-bond donors (Lipinski definition) is 0. The van der Waals surface area contributed by atoms with Crippen LogP contribution in [0.3, 0.4) is 0 Å². The lowest BCUT2D eigenvalue weighted by Crippen LogP contribution is -2.01. The first-order chi connectivity index (χ1) is 28.3. The van der Waals surface area contributed by atoms with E-state index in [1.807, 2.05) is 0 Å². The first-order valence-electron chi connectivity index (χ1n) is 19.6. The Morgan fingerprint density at radius 3 is 0.772 bits per heavy atom. The van der Waals surface area contributed by atoms with Crippen LogP contribution in [-0.2, 0) is 0 Å². The van der Waals surface area contributed by atoms with Crippen LogP contribution in [0.5, 0.6) is 0 Å². The van der Waals surface area contributed by atoms with Crippen LogP contribution in [0.2, 0.25) is 0 Å². The number of para-hydroxylation sites is 6. The van der Waals surface area contributed by atoms with Crippen molar-refractivity contribution in [2.24, 2.45) is 0 Å². The van der Waals surface area contributed by atoms with Crippen molar-refractivity contribution >= 4 is 65.4 Å². The van der Waals surface area contributed by atoms with Crippen LogP contribution in [0.25, 0.3) is 105 Å². The van der Waals surface area contributed by atoms with Gasteiger partial charge in [-0.15, -0.1) is 0 Å². The molecule has 0 amide bonds. The Morgan fingerprint density at radius 2 is 0.439 bits per heavy atom. The quantitative estimate of drug-likeness (QED) is 0.168. The van der Waals surface area contributed by atoms with Crippen LogP contribution in [-0.4, -0.2) is 13.7 Å². The van der Waals surface area contributed by atoms with Gasteiger partial charge in [-0.25, -0.2) is 0 Å². The van der Waals surface area contributed by atoms with Crippen molar-refractivity contribution in [3.8, 4) is 39.3 Å². The molecule has 9 aromatic carbocycles. The van der Waals surface area contributed by atoms with E-state index in [0.29, 0.717) is 0 Å². The van der Waals surface area contributed by atoms with Crippen molar-refractivity contribution in [1.82, 2.24) is 13.7 Å². The summed E-state index contributed by atoms with van der Waals surface area (Å²) in [4.78, 5) is 0. The van der Waals surface area contributed by atoms with Gasteiger partial charge in [-0.05, 0) is 95.1 Å². The third-order valence-corrected chi connectivity index (χ3v) is 11.8. The number of rotatable bonds is 5. The van der Waals surface area contributed by atoms with Crippen molar-refractivity contribution in [3.63, 3.8) is 0 Å². The molecular weight excluding hydrogens is 691 g/mol. The van der Waals surface area contributed by atoms with Gasteiger partial charge in [0.25, 0.3) is 0 Å². The average molecular weight is 726 g/mol. The number of benzene rings is 9. The fraction of sp³-hybridized carbons (Fsp3) is 0. The second-order valence-corrected chi connectivity index (χ2v) is 15.0. The van der Waals surface area contributed by atoms with Crippen molar-refractivity contribution in [1.29, 1.82) is 0 Å². The first kappa shape index (κ1) is 31.7. The summed E-state index contributed by atoms with van der Waals surface area (Å²) in [5, 5.41) is 7.49. The Labute approximate surface area is 329 Å². The molecule has 0 saturated heterocycles. The largest absolute Gasteiger partial charge is 0.309 e. The minimum atomic E-state index is 1.12. The van der Waals surface area contributed by atoms with E-state index >= 15 is 0 Å².